The molecule has 0 aromatic carbocycles. The zero-order chi connectivity index (χ0) is 14.6. The van der Waals surface area contributed by atoms with E-state index < -0.39 is 10.2 Å². The lowest BCUT2D eigenvalue weighted by molar-refractivity contribution is 0.154. The van der Waals surface area contributed by atoms with Gasteiger partial charge in [0.25, 0.3) is 10.2 Å². The van der Waals surface area contributed by atoms with Gasteiger partial charge in [0.1, 0.15) is 0 Å². The standard InChI is InChI=1S/C12H21N3O3S2/c1-10(12-13-5-7-19-12)8-14-20(17,18)15-6-3-2-4-11(15)9-16/h5,7,10-11,14,16H,2-4,6,8-9H2,1H3. The monoisotopic (exact) mass is 319 g/mol. The Bertz CT molecular complexity index is 504. The molecule has 1 aliphatic rings. The number of aromatic nitrogens is 1. The molecule has 6 nitrogen and oxygen atoms in total. The summed E-state index contributed by atoms with van der Waals surface area (Å²) >= 11 is 1.52. The van der Waals surface area contributed by atoms with E-state index in [4.69, 9.17) is 0 Å². The van der Waals surface area contributed by atoms with Crippen LogP contribution in [0.5, 0.6) is 0 Å². The van der Waals surface area contributed by atoms with Crippen molar-refractivity contribution in [3.05, 3.63) is 16.6 Å². The molecule has 0 aliphatic carbocycles. The van der Waals surface area contributed by atoms with Crippen LogP contribution in [-0.4, -0.2) is 48.6 Å². The normalized spacial score (nSPS) is 22.8. The van der Waals surface area contributed by atoms with Gasteiger partial charge in [-0.1, -0.05) is 13.3 Å². The predicted molar refractivity (Wildman–Crippen MR) is 78.9 cm³/mol. The van der Waals surface area contributed by atoms with E-state index >= 15 is 0 Å². The number of nitrogens with zero attached hydrogens (tertiary/aromatic N) is 2. The fourth-order valence-corrected chi connectivity index (χ4v) is 4.61. The average Bonchev–Trinajstić information content (AvgIpc) is 2.99. The molecule has 114 valence electrons. The highest BCUT2D eigenvalue weighted by atomic mass is 32.2. The zero-order valence-corrected chi connectivity index (χ0v) is 13.2. The van der Waals surface area contributed by atoms with E-state index in [0.29, 0.717) is 13.1 Å². The van der Waals surface area contributed by atoms with Crippen molar-refractivity contribution < 1.29 is 13.5 Å². The molecule has 1 aromatic rings. The Morgan fingerprint density at radius 2 is 2.40 bits per heavy atom. The summed E-state index contributed by atoms with van der Waals surface area (Å²) in [5.74, 6) is 0.0437. The largest absolute Gasteiger partial charge is 0.395 e. The zero-order valence-electron chi connectivity index (χ0n) is 11.5. The van der Waals surface area contributed by atoms with E-state index in [1.165, 1.54) is 15.6 Å². The molecule has 1 aromatic heterocycles. The van der Waals surface area contributed by atoms with Gasteiger partial charge in [-0.3, -0.25) is 0 Å². The topological polar surface area (TPSA) is 82.5 Å². The van der Waals surface area contributed by atoms with Crippen LogP contribution in [0.3, 0.4) is 0 Å². The Labute approximate surface area is 124 Å². The maximum atomic E-state index is 12.3. The highest BCUT2D eigenvalue weighted by Crippen LogP contribution is 2.21. The number of piperidine rings is 1. The summed E-state index contributed by atoms with van der Waals surface area (Å²) in [6, 6.07) is -0.295. The van der Waals surface area contributed by atoms with E-state index in [-0.39, 0.29) is 18.6 Å². The van der Waals surface area contributed by atoms with Crippen molar-refractivity contribution in [3.63, 3.8) is 0 Å². The van der Waals surface area contributed by atoms with Gasteiger partial charge in [-0.05, 0) is 12.8 Å². The molecule has 8 heteroatoms. The average molecular weight is 319 g/mol. The molecule has 1 aliphatic heterocycles. The molecule has 0 bridgehead atoms. The maximum Gasteiger partial charge on any atom is 0.279 e. The summed E-state index contributed by atoms with van der Waals surface area (Å²) < 4.78 is 28.7. The van der Waals surface area contributed by atoms with Crippen molar-refractivity contribution >= 4 is 21.5 Å². The lowest BCUT2D eigenvalue weighted by Crippen LogP contribution is -2.50. The van der Waals surface area contributed by atoms with Crippen LogP contribution >= 0.6 is 11.3 Å². The summed E-state index contributed by atoms with van der Waals surface area (Å²) in [6.45, 7) is 2.63. The molecule has 2 rings (SSSR count). The second-order valence-electron chi connectivity index (χ2n) is 5.07. The highest BCUT2D eigenvalue weighted by molar-refractivity contribution is 7.87. The summed E-state index contributed by atoms with van der Waals surface area (Å²) in [4.78, 5) is 4.19. The van der Waals surface area contributed by atoms with E-state index in [9.17, 15) is 13.5 Å². The van der Waals surface area contributed by atoms with Crippen LogP contribution in [0.2, 0.25) is 0 Å². The van der Waals surface area contributed by atoms with Gasteiger partial charge in [0.15, 0.2) is 0 Å². The Balaban J connectivity index is 1.96. The van der Waals surface area contributed by atoms with Crippen molar-refractivity contribution in [2.24, 2.45) is 0 Å². The van der Waals surface area contributed by atoms with Crippen LogP contribution in [0.15, 0.2) is 11.6 Å². The smallest absolute Gasteiger partial charge is 0.279 e. The third-order valence-corrected chi connectivity index (χ3v) is 6.17. The van der Waals surface area contributed by atoms with E-state index in [1.807, 2.05) is 12.3 Å². The van der Waals surface area contributed by atoms with Crippen LogP contribution < -0.4 is 4.72 Å². The summed E-state index contributed by atoms with van der Waals surface area (Å²) in [6.07, 6.45) is 4.25. The first kappa shape index (κ1) is 15.8. The van der Waals surface area contributed by atoms with Crippen LogP contribution in [0.1, 0.15) is 37.1 Å². The van der Waals surface area contributed by atoms with Crippen molar-refractivity contribution in [1.29, 1.82) is 0 Å². The van der Waals surface area contributed by atoms with Gasteiger partial charge in [0, 0.05) is 36.6 Å². The molecule has 2 N–H and O–H groups in total. The number of rotatable bonds is 6. The van der Waals surface area contributed by atoms with E-state index in [1.54, 1.807) is 6.20 Å². The first-order valence-electron chi connectivity index (χ1n) is 6.81. The third kappa shape index (κ3) is 3.76. The maximum absolute atomic E-state index is 12.3. The van der Waals surface area contributed by atoms with Crippen molar-refractivity contribution in [3.8, 4) is 0 Å². The number of hydrogen-bond acceptors (Lipinski definition) is 5. The van der Waals surface area contributed by atoms with Gasteiger partial charge in [-0.25, -0.2) is 9.71 Å². The molecule has 0 spiro atoms. The quantitative estimate of drug-likeness (QED) is 0.817. The van der Waals surface area contributed by atoms with Crippen LogP contribution in [-0.2, 0) is 10.2 Å². The molecule has 20 heavy (non-hydrogen) atoms. The highest BCUT2D eigenvalue weighted by Gasteiger charge is 2.31. The predicted octanol–water partition coefficient (Wildman–Crippen LogP) is 0.928. The van der Waals surface area contributed by atoms with Gasteiger partial charge >= 0.3 is 0 Å². The van der Waals surface area contributed by atoms with Gasteiger partial charge in [0.2, 0.25) is 0 Å². The molecule has 2 atom stereocenters. The number of hydrogen-bond donors (Lipinski definition) is 2. The minimum absolute atomic E-state index is 0.0437. The van der Waals surface area contributed by atoms with Crippen molar-refractivity contribution in [2.45, 2.75) is 38.1 Å². The number of aliphatic hydroxyl groups is 1. The fraction of sp³-hybridized carbons (Fsp3) is 0.750. The first-order chi connectivity index (χ1) is 9.54. The summed E-state index contributed by atoms with van der Waals surface area (Å²) in [5, 5.41) is 12.1. The molecule has 0 amide bonds. The molecule has 2 heterocycles. The molecule has 2 unspecified atom stereocenters. The molecule has 1 fully saturated rings. The molecule has 1 saturated heterocycles. The Hall–Kier alpha value is -0.540. The van der Waals surface area contributed by atoms with E-state index in [0.717, 1.165) is 24.3 Å². The Morgan fingerprint density at radius 3 is 3.05 bits per heavy atom. The first-order valence-corrected chi connectivity index (χ1v) is 9.13. The van der Waals surface area contributed by atoms with Gasteiger partial charge in [-0.15, -0.1) is 11.3 Å². The molecule has 0 saturated carbocycles. The number of nitrogens with one attached hydrogen (secondary N) is 1. The minimum atomic E-state index is -3.53. The van der Waals surface area contributed by atoms with Crippen LogP contribution in [0.25, 0.3) is 0 Å². The number of thiazole rings is 1. The number of aliphatic hydroxyl groups excluding tert-OH is 1. The van der Waals surface area contributed by atoms with Gasteiger partial charge in [-0.2, -0.15) is 12.7 Å². The van der Waals surface area contributed by atoms with Crippen molar-refractivity contribution in [2.75, 3.05) is 19.7 Å². The third-order valence-electron chi connectivity index (χ3n) is 3.54. The lowest BCUT2D eigenvalue weighted by atomic mass is 10.1. The Morgan fingerprint density at radius 1 is 1.60 bits per heavy atom. The minimum Gasteiger partial charge on any atom is -0.395 e. The molecular formula is C12H21N3O3S2. The SMILES string of the molecule is CC(CNS(=O)(=O)N1CCCCC1CO)c1nccs1. The molecule has 0 radical (unpaired) electrons. The fourth-order valence-electron chi connectivity index (χ4n) is 2.35. The second-order valence-corrected chi connectivity index (χ2v) is 7.70. The Kier molecular flexibility index (Phi) is 5.50. The molecular weight excluding hydrogens is 298 g/mol. The van der Waals surface area contributed by atoms with Crippen LogP contribution in [0, 0.1) is 0 Å². The second kappa shape index (κ2) is 6.95. The van der Waals surface area contributed by atoms with Crippen molar-refractivity contribution in [1.82, 2.24) is 14.0 Å². The van der Waals surface area contributed by atoms with E-state index in [2.05, 4.69) is 9.71 Å². The summed E-state index contributed by atoms with van der Waals surface area (Å²) in [5.41, 5.74) is 0. The van der Waals surface area contributed by atoms with Crippen LogP contribution in [0.4, 0.5) is 0 Å². The van der Waals surface area contributed by atoms with Gasteiger partial charge in [0.05, 0.1) is 11.6 Å². The lowest BCUT2D eigenvalue weighted by Gasteiger charge is -2.33. The van der Waals surface area contributed by atoms with Gasteiger partial charge < -0.3 is 5.11 Å². The summed E-state index contributed by atoms with van der Waals surface area (Å²) in [7, 11) is -3.53.